The number of H-pyrrole nitrogens is 1. The standard InChI is InChI=1S/C23H27ClN8OS/c1-23(2,3)9-19-30-16-10-25-15(20-27-12-28-31-20)8-17(16)32(19)14-6-4-5-13(7-14)29-21(33)22-26-11-18(24)34-22/h8,10-14H,4-7,9H2,1-3H3,(H,29,33)(H,27,28,31)/t13-,14+/m0/s1. The Morgan fingerprint density at radius 1 is 1.26 bits per heavy atom. The second-order valence-electron chi connectivity index (χ2n) is 9.98. The molecule has 0 aromatic carbocycles. The Kier molecular flexibility index (Phi) is 6.11. The number of aromatic nitrogens is 7. The molecule has 0 aliphatic heterocycles. The summed E-state index contributed by atoms with van der Waals surface area (Å²) in [6.45, 7) is 6.66. The quantitative estimate of drug-likeness (QED) is 0.407. The van der Waals surface area contributed by atoms with E-state index in [0.29, 0.717) is 20.9 Å². The monoisotopic (exact) mass is 498 g/mol. The number of fused-ring (bicyclic) bond motifs is 1. The molecule has 34 heavy (non-hydrogen) atoms. The summed E-state index contributed by atoms with van der Waals surface area (Å²) in [6, 6.07) is 2.30. The Morgan fingerprint density at radius 3 is 2.82 bits per heavy atom. The van der Waals surface area contributed by atoms with Crippen molar-refractivity contribution in [1.82, 2.24) is 40.0 Å². The van der Waals surface area contributed by atoms with Gasteiger partial charge < -0.3 is 9.88 Å². The number of rotatable bonds is 5. The van der Waals surface area contributed by atoms with Crippen molar-refractivity contribution in [1.29, 1.82) is 0 Å². The van der Waals surface area contributed by atoms with Crippen molar-refractivity contribution in [3.8, 4) is 11.5 Å². The van der Waals surface area contributed by atoms with Gasteiger partial charge in [-0.2, -0.15) is 5.10 Å². The molecule has 0 spiro atoms. The molecule has 2 atom stereocenters. The molecule has 0 bridgehead atoms. The number of pyridine rings is 1. The Hall–Kier alpha value is -2.85. The van der Waals surface area contributed by atoms with Crippen LogP contribution in [-0.4, -0.2) is 46.6 Å². The van der Waals surface area contributed by atoms with Crippen molar-refractivity contribution in [2.45, 2.75) is 65.0 Å². The average Bonchev–Trinajstić information content (AvgIpc) is 3.52. The second kappa shape index (κ2) is 9.07. The van der Waals surface area contributed by atoms with Gasteiger partial charge in [0.25, 0.3) is 5.91 Å². The Bertz CT molecular complexity index is 1310. The van der Waals surface area contributed by atoms with Gasteiger partial charge in [0.05, 0.1) is 17.9 Å². The summed E-state index contributed by atoms with van der Waals surface area (Å²) < 4.78 is 2.87. The molecule has 4 aromatic rings. The lowest BCUT2D eigenvalue weighted by Crippen LogP contribution is -2.39. The van der Waals surface area contributed by atoms with Crippen molar-refractivity contribution >= 4 is 39.9 Å². The molecule has 1 fully saturated rings. The van der Waals surface area contributed by atoms with E-state index < -0.39 is 0 Å². The van der Waals surface area contributed by atoms with Crippen LogP contribution in [0, 0.1) is 5.41 Å². The molecule has 2 N–H and O–H groups in total. The van der Waals surface area contributed by atoms with Crippen LogP contribution >= 0.6 is 22.9 Å². The number of halogens is 1. The lowest BCUT2D eigenvalue weighted by Gasteiger charge is -2.32. The summed E-state index contributed by atoms with van der Waals surface area (Å²) in [5.74, 6) is 1.44. The SMILES string of the molecule is CC(C)(C)Cc1nc2cnc(-c3nc[nH]n3)cc2n1[C@@H]1CCC[C@H](NC(=O)c2ncc(Cl)s2)C1. The third-order valence-corrected chi connectivity index (χ3v) is 7.11. The molecule has 4 aromatic heterocycles. The van der Waals surface area contributed by atoms with E-state index in [2.05, 4.69) is 55.8 Å². The number of hydrogen-bond acceptors (Lipinski definition) is 7. The smallest absolute Gasteiger partial charge is 0.280 e. The fourth-order valence-corrected chi connectivity index (χ4v) is 5.46. The van der Waals surface area contributed by atoms with Gasteiger partial charge in [-0.25, -0.2) is 15.0 Å². The molecule has 0 saturated heterocycles. The van der Waals surface area contributed by atoms with Gasteiger partial charge in [-0.05, 0) is 37.2 Å². The molecule has 1 saturated carbocycles. The number of nitrogens with zero attached hydrogens (tertiary/aromatic N) is 6. The maximum Gasteiger partial charge on any atom is 0.280 e. The van der Waals surface area contributed by atoms with Crippen molar-refractivity contribution < 1.29 is 4.79 Å². The number of hydrogen-bond donors (Lipinski definition) is 2. The third kappa shape index (κ3) is 4.83. The summed E-state index contributed by atoms with van der Waals surface area (Å²) in [5, 5.41) is 10.5. The van der Waals surface area contributed by atoms with E-state index >= 15 is 0 Å². The normalized spacial score (nSPS) is 18.9. The third-order valence-electron chi connectivity index (χ3n) is 6.00. The molecule has 9 nitrogen and oxygen atoms in total. The first-order chi connectivity index (χ1) is 16.3. The minimum Gasteiger partial charge on any atom is -0.347 e. The molecule has 1 aliphatic carbocycles. The topological polar surface area (TPSA) is 114 Å². The first kappa shape index (κ1) is 22.9. The minimum absolute atomic E-state index is 0.0585. The van der Waals surface area contributed by atoms with Crippen molar-refractivity contribution in [3.63, 3.8) is 0 Å². The molecule has 178 valence electrons. The molecule has 1 amide bonds. The molecule has 4 heterocycles. The highest BCUT2D eigenvalue weighted by molar-refractivity contribution is 7.17. The van der Waals surface area contributed by atoms with Crippen LogP contribution in [0.2, 0.25) is 4.34 Å². The second-order valence-corrected chi connectivity index (χ2v) is 11.6. The first-order valence-electron chi connectivity index (χ1n) is 11.4. The van der Waals surface area contributed by atoms with E-state index in [9.17, 15) is 4.79 Å². The maximum absolute atomic E-state index is 12.7. The van der Waals surface area contributed by atoms with Gasteiger partial charge in [0, 0.05) is 18.5 Å². The molecule has 0 radical (unpaired) electrons. The number of nitrogens with one attached hydrogen (secondary N) is 2. The highest BCUT2D eigenvalue weighted by Gasteiger charge is 2.30. The average molecular weight is 499 g/mol. The number of carbonyl (C=O) groups is 1. The van der Waals surface area contributed by atoms with Crippen LogP contribution < -0.4 is 5.32 Å². The Morgan fingerprint density at radius 2 is 2.12 bits per heavy atom. The van der Waals surface area contributed by atoms with E-state index in [1.807, 2.05) is 6.07 Å². The minimum atomic E-state index is -0.163. The predicted molar refractivity (Wildman–Crippen MR) is 132 cm³/mol. The number of aromatic amines is 1. The van der Waals surface area contributed by atoms with Gasteiger partial charge in [0.2, 0.25) is 0 Å². The van der Waals surface area contributed by atoms with Crippen LogP contribution in [-0.2, 0) is 6.42 Å². The highest BCUT2D eigenvalue weighted by atomic mass is 35.5. The maximum atomic E-state index is 12.7. The summed E-state index contributed by atoms with van der Waals surface area (Å²) >= 11 is 7.16. The fraction of sp³-hybridized carbons (Fsp3) is 0.478. The van der Waals surface area contributed by atoms with Crippen LogP contribution in [0.25, 0.3) is 22.6 Å². The van der Waals surface area contributed by atoms with Crippen LogP contribution in [0.1, 0.15) is 68.1 Å². The Balaban J connectivity index is 1.48. The molecule has 11 heteroatoms. The summed E-state index contributed by atoms with van der Waals surface area (Å²) in [7, 11) is 0. The Labute approximate surface area is 206 Å². The lowest BCUT2D eigenvalue weighted by molar-refractivity contribution is 0.0920. The zero-order chi connectivity index (χ0) is 23.9. The fourth-order valence-electron chi connectivity index (χ4n) is 4.65. The van der Waals surface area contributed by atoms with Crippen LogP contribution in [0.5, 0.6) is 0 Å². The molecule has 5 rings (SSSR count). The van der Waals surface area contributed by atoms with Crippen LogP contribution in [0.3, 0.4) is 0 Å². The number of imidazole rings is 1. The van der Waals surface area contributed by atoms with Gasteiger partial charge in [0.15, 0.2) is 10.8 Å². The van der Waals surface area contributed by atoms with Crippen molar-refractivity contribution in [2.24, 2.45) is 5.41 Å². The molecule has 0 unspecified atom stereocenters. The zero-order valence-corrected chi connectivity index (χ0v) is 20.9. The lowest BCUT2D eigenvalue weighted by atomic mass is 9.89. The molecular formula is C23H27ClN8OS. The molecular weight excluding hydrogens is 472 g/mol. The molecule has 1 aliphatic rings. The van der Waals surface area contributed by atoms with Gasteiger partial charge >= 0.3 is 0 Å². The first-order valence-corrected chi connectivity index (χ1v) is 12.6. The van der Waals surface area contributed by atoms with E-state index in [4.69, 9.17) is 16.6 Å². The van der Waals surface area contributed by atoms with Crippen LogP contribution in [0.15, 0.2) is 24.8 Å². The highest BCUT2D eigenvalue weighted by Crippen LogP contribution is 2.35. The van der Waals surface area contributed by atoms with Gasteiger partial charge in [-0.1, -0.05) is 43.7 Å². The number of amides is 1. The van der Waals surface area contributed by atoms with Gasteiger partial charge in [-0.15, -0.1) is 0 Å². The van der Waals surface area contributed by atoms with E-state index in [1.54, 1.807) is 12.5 Å². The van der Waals surface area contributed by atoms with E-state index in [-0.39, 0.29) is 23.4 Å². The zero-order valence-electron chi connectivity index (χ0n) is 19.4. The summed E-state index contributed by atoms with van der Waals surface area (Å²) in [6.07, 6.45) is 9.51. The predicted octanol–water partition coefficient (Wildman–Crippen LogP) is 4.83. The summed E-state index contributed by atoms with van der Waals surface area (Å²) in [4.78, 5) is 30.6. The van der Waals surface area contributed by atoms with Crippen molar-refractivity contribution in [3.05, 3.63) is 40.0 Å². The van der Waals surface area contributed by atoms with Crippen LogP contribution in [0.4, 0.5) is 0 Å². The summed E-state index contributed by atoms with van der Waals surface area (Å²) in [5.41, 5.74) is 2.67. The van der Waals surface area contributed by atoms with E-state index in [1.165, 1.54) is 17.5 Å². The number of thiazole rings is 1. The van der Waals surface area contributed by atoms with Crippen molar-refractivity contribution in [2.75, 3.05) is 0 Å². The van der Waals surface area contributed by atoms with Gasteiger partial charge in [-0.3, -0.25) is 14.9 Å². The largest absolute Gasteiger partial charge is 0.347 e. The van der Waals surface area contributed by atoms with E-state index in [0.717, 1.165) is 49.0 Å². The number of carbonyl (C=O) groups excluding carboxylic acids is 1. The van der Waals surface area contributed by atoms with Gasteiger partial charge in [0.1, 0.15) is 27.7 Å².